The Morgan fingerprint density at radius 2 is 1.73 bits per heavy atom. The number of nitrogens with one attached hydrogen (secondary N) is 3. The Morgan fingerprint density at radius 3 is 2.38 bits per heavy atom. The second-order valence-electron chi connectivity index (χ2n) is 5.58. The minimum Gasteiger partial charge on any atom is -0.352 e. The zero-order chi connectivity index (χ0) is 19.1. The number of nitrogens with two attached hydrogens (primary N) is 1. The first kappa shape index (κ1) is 19.5. The zero-order valence-corrected chi connectivity index (χ0v) is 15.7. The summed E-state index contributed by atoms with van der Waals surface area (Å²) in [4.78, 5) is 34.8. The van der Waals surface area contributed by atoms with Crippen molar-refractivity contribution < 1.29 is 14.4 Å². The summed E-state index contributed by atoms with van der Waals surface area (Å²) >= 11 is 3.36. The van der Waals surface area contributed by atoms with Crippen molar-refractivity contribution in [2.45, 2.75) is 13.3 Å². The van der Waals surface area contributed by atoms with Crippen molar-refractivity contribution in [3.05, 3.63) is 58.1 Å². The van der Waals surface area contributed by atoms with Gasteiger partial charge in [-0.1, -0.05) is 22.0 Å². The summed E-state index contributed by atoms with van der Waals surface area (Å²) in [6.07, 6.45) is 0.152. The molecular weight excluding hydrogens is 400 g/mol. The number of aryl methyl sites for hydroxylation is 1. The van der Waals surface area contributed by atoms with Crippen molar-refractivity contribution in [2.24, 2.45) is 5.73 Å². The van der Waals surface area contributed by atoms with Gasteiger partial charge in [-0.2, -0.15) is 0 Å². The SMILES string of the molecule is Cc1ccc(Br)cc1NC(=O)CCNC(=O)c1ccc(NC(N)=O)cc1. The smallest absolute Gasteiger partial charge is 0.316 e. The van der Waals surface area contributed by atoms with E-state index in [2.05, 4.69) is 31.9 Å². The largest absolute Gasteiger partial charge is 0.352 e. The normalized spacial score (nSPS) is 10.1. The second kappa shape index (κ2) is 9.00. The Kier molecular flexibility index (Phi) is 6.74. The van der Waals surface area contributed by atoms with Gasteiger partial charge in [0.2, 0.25) is 5.91 Å². The number of primary amides is 1. The quantitative estimate of drug-likeness (QED) is 0.577. The van der Waals surface area contributed by atoms with Crippen molar-refractivity contribution in [1.29, 1.82) is 0 Å². The van der Waals surface area contributed by atoms with Crippen LogP contribution in [0.2, 0.25) is 0 Å². The first-order valence-corrected chi connectivity index (χ1v) is 8.65. The predicted molar refractivity (Wildman–Crippen MR) is 104 cm³/mol. The number of benzene rings is 2. The average Bonchev–Trinajstić information content (AvgIpc) is 2.58. The highest BCUT2D eigenvalue weighted by Crippen LogP contribution is 2.20. The second-order valence-corrected chi connectivity index (χ2v) is 6.50. The molecule has 26 heavy (non-hydrogen) atoms. The van der Waals surface area contributed by atoms with Crippen LogP contribution in [0, 0.1) is 6.92 Å². The first-order valence-electron chi connectivity index (χ1n) is 7.86. The molecule has 0 radical (unpaired) electrons. The van der Waals surface area contributed by atoms with Gasteiger partial charge in [0.25, 0.3) is 5.91 Å². The minimum atomic E-state index is -0.672. The Hall–Kier alpha value is -2.87. The number of halogens is 1. The fourth-order valence-corrected chi connectivity index (χ4v) is 2.54. The van der Waals surface area contributed by atoms with E-state index in [1.54, 1.807) is 24.3 Å². The number of carbonyl (C=O) groups is 3. The van der Waals surface area contributed by atoms with Crippen LogP contribution in [-0.2, 0) is 4.79 Å². The van der Waals surface area contributed by atoms with E-state index in [9.17, 15) is 14.4 Å². The molecule has 0 atom stereocenters. The monoisotopic (exact) mass is 418 g/mol. The number of carbonyl (C=O) groups excluding carboxylic acids is 3. The highest BCUT2D eigenvalue weighted by Gasteiger charge is 2.08. The van der Waals surface area contributed by atoms with Crippen LogP contribution < -0.4 is 21.7 Å². The zero-order valence-electron chi connectivity index (χ0n) is 14.1. The van der Waals surface area contributed by atoms with E-state index in [0.29, 0.717) is 11.3 Å². The summed E-state index contributed by atoms with van der Waals surface area (Å²) in [6.45, 7) is 2.11. The van der Waals surface area contributed by atoms with E-state index in [4.69, 9.17) is 5.73 Å². The van der Waals surface area contributed by atoms with Crippen LogP contribution in [0.4, 0.5) is 16.2 Å². The van der Waals surface area contributed by atoms with E-state index in [1.807, 2.05) is 25.1 Å². The maximum Gasteiger partial charge on any atom is 0.316 e. The maximum atomic E-state index is 12.1. The molecule has 2 aromatic carbocycles. The molecule has 2 rings (SSSR count). The highest BCUT2D eigenvalue weighted by atomic mass is 79.9. The van der Waals surface area contributed by atoms with Crippen molar-refractivity contribution >= 4 is 45.2 Å². The van der Waals surface area contributed by atoms with E-state index >= 15 is 0 Å². The summed E-state index contributed by atoms with van der Waals surface area (Å²) in [7, 11) is 0. The molecule has 7 nitrogen and oxygen atoms in total. The molecule has 0 saturated heterocycles. The summed E-state index contributed by atoms with van der Waals surface area (Å²) in [5.41, 5.74) is 7.62. The van der Waals surface area contributed by atoms with Crippen LogP contribution >= 0.6 is 15.9 Å². The Morgan fingerprint density at radius 1 is 1.04 bits per heavy atom. The maximum absolute atomic E-state index is 12.1. The third-order valence-corrected chi connectivity index (χ3v) is 4.02. The molecule has 0 aliphatic rings. The number of hydrogen-bond acceptors (Lipinski definition) is 3. The third kappa shape index (κ3) is 5.89. The Balaban J connectivity index is 1.81. The van der Waals surface area contributed by atoms with Gasteiger partial charge in [-0.25, -0.2) is 4.79 Å². The van der Waals surface area contributed by atoms with Gasteiger partial charge in [0.1, 0.15) is 0 Å². The van der Waals surface area contributed by atoms with Crippen molar-refractivity contribution in [3.63, 3.8) is 0 Å². The molecule has 0 aromatic heterocycles. The molecule has 136 valence electrons. The number of urea groups is 1. The highest BCUT2D eigenvalue weighted by molar-refractivity contribution is 9.10. The van der Waals surface area contributed by atoms with E-state index in [1.165, 1.54) is 0 Å². The summed E-state index contributed by atoms with van der Waals surface area (Å²) in [6, 6.07) is 11.2. The molecule has 0 heterocycles. The number of hydrogen-bond donors (Lipinski definition) is 4. The lowest BCUT2D eigenvalue weighted by atomic mass is 10.2. The first-order chi connectivity index (χ1) is 12.3. The molecule has 5 N–H and O–H groups in total. The summed E-state index contributed by atoms with van der Waals surface area (Å²) in [5.74, 6) is -0.491. The van der Waals surface area contributed by atoms with Crippen LogP contribution in [0.15, 0.2) is 46.9 Å². The van der Waals surface area contributed by atoms with Gasteiger partial charge in [-0.05, 0) is 48.9 Å². The fourth-order valence-electron chi connectivity index (χ4n) is 2.18. The van der Waals surface area contributed by atoms with Gasteiger partial charge in [0, 0.05) is 34.4 Å². The lowest BCUT2D eigenvalue weighted by Gasteiger charge is -2.10. The molecule has 0 unspecified atom stereocenters. The molecule has 8 heteroatoms. The number of rotatable bonds is 6. The van der Waals surface area contributed by atoms with E-state index < -0.39 is 6.03 Å². The standard InChI is InChI=1S/C18H19BrN4O3/c1-11-2-5-13(19)10-15(11)23-16(24)8-9-21-17(25)12-3-6-14(7-4-12)22-18(20)26/h2-7,10H,8-9H2,1H3,(H,21,25)(H,23,24)(H3,20,22,26). The predicted octanol–water partition coefficient (Wildman–Crippen LogP) is 3.01. The van der Waals surface area contributed by atoms with Gasteiger partial charge in [0.15, 0.2) is 0 Å². The molecule has 0 spiro atoms. The van der Waals surface area contributed by atoms with Crippen LogP contribution in [0.3, 0.4) is 0 Å². The van der Waals surface area contributed by atoms with Crippen LogP contribution in [0.25, 0.3) is 0 Å². The Labute approximate surface area is 159 Å². The van der Waals surface area contributed by atoms with Crippen LogP contribution in [0.5, 0.6) is 0 Å². The number of amides is 4. The Bertz CT molecular complexity index is 822. The lowest BCUT2D eigenvalue weighted by Crippen LogP contribution is -2.27. The molecule has 4 amide bonds. The lowest BCUT2D eigenvalue weighted by molar-refractivity contribution is -0.116. The van der Waals surface area contributed by atoms with Crippen molar-refractivity contribution in [2.75, 3.05) is 17.2 Å². The molecule has 0 saturated carbocycles. The topological polar surface area (TPSA) is 113 Å². The van der Waals surface area contributed by atoms with Crippen LogP contribution in [-0.4, -0.2) is 24.4 Å². The molecule has 0 aliphatic carbocycles. The van der Waals surface area contributed by atoms with Gasteiger partial charge < -0.3 is 21.7 Å². The fraction of sp³-hybridized carbons (Fsp3) is 0.167. The molecular formula is C18H19BrN4O3. The molecule has 2 aromatic rings. The summed E-state index contributed by atoms with van der Waals surface area (Å²) in [5, 5.41) is 7.91. The molecule has 0 aliphatic heterocycles. The van der Waals surface area contributed by atoms with Gasteiger partial charge in [0.05, 0.1) is 0 Å². The van der Waals surface area contributed by atoms with Gasteiger partial charge in [-0.3, -0.25) is 9.59 Å². The molecule has 0 fully saturated rings. The van der Waals surface area contributed by atoms with Gasteiger partial charge >= 0.3 is 6.03 Å². The average molecular weight is 419 g/mol. The van der Waals surface area contributed by atoms with Crippen molar-refractivity contribution in [3.8, 4) is 0 Å². The van der Waals surface area contributed by atoms with E-state index in [0.717, 1.165) is 15.7 Å². The van der Waals surface area contributed by atoms with E-state index in [-0.39, 0.29) is 24.8 Å². The number of anilines is 2. The van der Waals surface area contributed by atoms with Crippen LogP contribution in [0.1, 0.15) is 22.3 Å². The van der Waals surface area contributed by atoms with Gasteiger partial charge in [-0.15, -0.1) is 0 Å². The summed E-state index contributed by atoms with van der Waals surface area (Å²) < 4.78 is 0.876. The minimum absolute atomic E-state index is 0.152. The third-order valence-electron chi connectivity index (χ3n) is 3.53. The molecule has 0 bridgehead atoms. The van der Waals surface area contributed by atoms with Crippen molar-refractivity contribution in [1.82, 2.24) is 5.32 Å².